The number of amides is 1. The van der Waals surface area contributed by atoms with Crippen molar-refractivity contribution in [2.75, 3.05) is 13.2 Å². The van der Waals surface area contributed by atoms with Crippen LogP contribution in [0.25, 0.3) is 0 Å². The van der Waals surface area contributed by atoms with Crippen LogP contribution in [0.1, 0.15) is 28.8 Å². The summed E-state index contributed by atoms with van der Waals surface area (Å²) in [5, 5.41) is 3.03. The minimum absolute atomic E-state index is 0.172. The molecule has 2 aromatic rings. The molecule has 24 heavy (non-hydrogen) atoms. The monoisotopic (exact) mass is 409 g/mol. The van der Waals surface area contributed by atoms with Crippen molar-refractivity contribution in [1.82, 2.24) is 5.32 Å². The molecule has 1 atom stereocenters. The van der Waals surface area contributed by atoms with Crippen LogP contribution in [0.15, 0.2) is 53.0 Å². The summed E-state index contributed by atoms with van der Waals surface area (Å²) in [7, 11) is 0. The summed E-state index contributed by atoms with van der Waals surface area (Å²) in [6, 6.07) is 14.7. The maximum absolute atomic E-state index is 12.0. The van der Waals surface area contributed by atoms with Crippen molar-refractivity contribution < 1.29 is 14.3 Å². The van der Waals surface area contributed by atoms with E-state index in [0.717, 1.165) is 5.56 Å². The number of carbonyl (C=O) groups excluding carboxylic acids is 2. The summed E-state index contributed by atoms with van der Waals surface area (Å²) < 4.78 is 5.72. The zero-order valence-corrected chi connectivity index (χ0v) is 15.4. The first-order chi connectivity index (χ1) is 11.5. The van der Waals surface area contributed by atoms with Gasteiger partial charge in [0.25, 0.3) is 5.91 Å². The molecule has 0 saturated heterocycles. The van der Waals surface area contributed by atoms with Crippen LogP contribution in [0.5, 0.6) is 0 Å². The fourth-order valence-electron chi connectivity index (χ4n) is 2.08. The van der Waals surface area contributed by atoms with Gasteiger partial charge >= 0.3 is 5.97 Å². The Bertz CT molecular complexity index is 721. The minimum atomic E-state index is -0.632. The normalized spacial score (nSPS) is 11.6. The third kappa shape index (κ3) is 5.35. The largest absolute Gasteiger partial charge is 0.452 e. The first kappa shape index (κ1) is 18.5. The Hall–Kier alpha value is -1.85. The molecule has 1 N–H and O–H groups in total. The highest BCUT2D eigenvalue weighted by atomic mass is 79.9. The molecule has 1 amide bonds. The highest BCUT2D eigenvalue weighted by Gasteiger charge is 2.15. The minimum Gasteiger partial charge on any atom is -0.452 e. The number of nitrogens with one attached hydrogen (secondary N) is 1. The molecule has 0 unspecified atom stereocenters. The van der Waals surface area contributed by atoms with Crippen LogP contribution in [-0.2, 0) is 9.53 Å². The Kier molecular flexibility index (Phi) is 6.82. The Morgan fingerprint density at radius 3 is 2.62 bits per heavy atom. The second-order valence-electron chi connectivity index (χ2n) is 5.32. The van der Waals surface area contributed by atoms with Crippen LogP contribution >= 0.6 is 27.5 Å². The van der Waals surface area contributed by atoms with Gasteiger partial charge in [-0.15, -0.1) is 0 Å². The maximum atomic E-state index is 12.0. The number of esters is 1. The molecule has 6 heteroatoms. The van der Waals surface area contributed by atoms with Crippen LogP contribution in [0, 0.1) is 0 Å². The van der Waals surface area contributed by atoms with Gasteiger partial charge in [0.05, 0.1) is 10.6 Å². The summed E-state index contributed by atoms with van der Waals surface area (Å²) in [5.41, 5.74) is 1.35. The zero-order chi connectivity index (χ0) is 17.5. The van der Waals surface area contributed by atoms with E-state index >= 15 is 0 Å². The van der Waals surface area contributed by atoms with E-state index in [1.165, 1.54) is 0 Å². The van der Waals surface area contributed by atoms with Gasteiger partial charge in [-0.2, -0.15) is 0 Å². The van der Waals surface area contributed by atoms with Crippen LogP contribution in [0.4, 0.5) is 0 Å². The topological polar surface area (TPSA) is 55.4 Å². The number of carbonyl (C=O) groups is 2. The number of hydrogen-bond donors (Lipinski definition) is 1. The fourth-order valence-corrected chi connectivity index (χ4v) is 2.64. The summed E-state index contributed by atoms with van der Waals surface area (Å²) in [6.07, 6.45) is 0. The Labute approximate surface area is 154 Å². The van der Waals surface area contributed by atoms with Crippen molar-refractivity contribution in [2.24, 2.45) is 0 Å². The summed E-state index contributed by atoms with van der Waals surface area (Å²) in [5.74, 6) is -0.810. The van der Waals surface area contributed by atoms with Crippen molar-refractivity contribution in [3.63, 3.8) is 0 Å². The van der Waals surface area contributed by atoms with Gasteiger partial charge in [-0.25, -0.2) is 4.79 Å². The molecule has 0 spiro atoms. The van der Waals surface area contributed by atoms with Gasteiger partial charge in [0, 0.05) is 11.0 Å². The molecule has 0 radical (unpaired) electrons. The lowest BCUT2D eigenvalue weighted by molar-refractivity contribution is -0.124. The summed E-state index contributed by atoms with van der Waals surface area (Å²) in [6.45, 7) is 2.14. The van der Waals surface area contributed by atoms with E-state index in [9.17, 15) is 9.59 Å². The number of halogens is 2. The van der Waals surface area contributed by atoms with E-state index in [2.05, 4.69) is 21.2 Å². The van der Waals surface area contributed by atoms with Gasteiger partial charge in [0.15, 0.2) is 6.61 Å². The predicted octanol–water partition coefficient (Wildman–Crippen LogP) is 4.18. The number of hydrogen-bond acceptors (Lipinski definition) is 3. The van der Waals surface area contributed by atoms with Crippen molar-refractivity contribution in [3.8, 4) is 0 Å². The van der Waals surface area contributed by atoms with E-state index in [1.54, 1.807) is 18.2 Å². The van der Waals surface area contributed by atoms with Crippen LogP contribution in [0.2, 0.25) is 5.02 Å². The van der Waals surface area contributed by atoms with Crippen molar-refractivity contribution in [2.45, 2.75) is 12.8 Å². The second kappa shape index (κ2) is 8.85. The fraction of sp³-hybridized carbons (Fsp3) is 0.222. The van der Waals surface area contributed by atoms with Gasteiger partial charge in [0.1, 0.15) is 0 Å². The third-order valence-electron chi connectivity index (χ3n) is 3.46. The first-order valence-electron chi connectivity index (χ1n) is 7.41. The Morgan fingerprint density at radius 1 is 1.21 bits per heavy atom. The first-order valence-corrected chi connectivity index (χ1v) is 8.58. The number of ether oxygens (including phenoxy) is 1. The SMILES string of the molecule is C[C@H](CNC(=O)COC(=O)c1cc(Br)ccc1Cl)c1ccccc1. The van der Waals surface area contributed by atoms with E-state index in [1.807, 2.05) is 37.3 Å². The quantitative estimate of drug-likeness (QED) is 0.727. The molecule has 4 nitrogen and oxygen atoms in total. The third-order valence-corrected chi connectivity index (χ3v) is 4.28. The van der Waals surface area contributed by atoms with Crippen molar-refractivity contribution >= 4 is 39.4 Å². The number of benzene rings is 2. The predicted molar refractivity (Wildman–Crippen MR) is 97.3 cm³/mol. The molecule has 0 saturated carbocycles. The van der Waals surface area contributed by atoms with Crippen molar-refractivity contribution in [3.05, 3.63) is 69.2 Å². The van der Waals surface area contributed by atoms with Gasteiger partial charge in [-0.05, 0) is 29.7 Å². The summed E-state index contributed by atoms with van der Waals surface area (Å²) >= 11 is 9.22. The molecule has 0 aliphatic heterocycles. The molecule has 0 bridgehead atoms. The van der Waals surface area contributed by atoms with Gasteiger partial charge in [-0.3, -0.25) is 4.79 Å². The molecule has 0 aromatic heterocycles. The zero-order valence-electron chi connectivity index (χ0n) is 13.1. The van der Waals surface area contributed by atoms with Gasteiger partial charge < -0.3 is 10.1 Å². The lowest BCUT2D eigenvalue weighted by Crippen LogP contribution is -2.31. The molecular weight excluding hydrogens is 394 g/mol. The highest BCUT2D eigenvalue weighted by molar-refractivity contribution is 9.10. The smallest absolute Gasteiger partial charge is 0.340 e. The summed E-state index contributed by atoms with van der Waals surface area (Å²) in [4.78, 5) is 23.8. The average molecular weight is 411 g/mol. The van der Waals surface area contributed by atoms with Gasteiger partial charge in [0.2, 0.25) is 0 Å². The standard InChI is InChI=1S/C18H17BrClNO3/c1-12(13-5-3-2-4-6-13)10-21-17(22)11-24-18(23)15-9-14(19)7-8-16(15)20/h2-9,12H,10-11H2,1H3,(H,21,22)/t12-/m1/s1. The second-order valence-corrected chi connectivity index (χ2v) is 6.64. The van der Waals surface area contributed by atoms with Crippen LogP contribution < -0.4 is 5.32 Å². The molecule has 126 valence electrons. The highest BCUT2D eigenvalue weighted by Crippen LogP contribution is 2.21. The van der Waals surface area contributed by atoms with Crippen LogP contribution in [-0.4, -0.2) is 25.0 Å². The van der Waals surface area contributed by atoms with E-state index in [4.69, 9.17) is 16.3 Å². The lowest BCUT2D eigenvalue weighted by Gasteiger charge is -2.13. The molecule has 0 aliphatic carbocycles. The van der Waals surface area contributed by atoms with E-state index in [0.29, 0.717) is 11.0 Å². The van der Waals surface area contributed by atoms with E-state index in [-0.39, 0.29) is 29.0 Å². The lowest BCUT2D eigenvalue weighted by atomic mass is 10.0. The maximum Gasteiger partial charge on any atom is 0.340 e. The molecule has 0 aliphatic rings. The number of rotatable bonds is 6. The van der Waals surface area contributed by atoms with Gasteiger partial charge in [-0.1, -0.05) is 64.8 Å². The molecule has 2 aromatic carbocycles. The van der Waals surface area contributed by atoms with E-state index < -0.39 is 5.97 Å². The molecule has 0 heterocycles. The average Bonchev–Trinajstić information content (AvgIpc) is 2.60. The molecular formula is C18H17BrClNO3. The molecule has 2 rings (SSSR count). The van der Waals surface area contributed by atoms with Crippen LogP contribution in [0.3, 0.4) is 0 Å². The Balaban J connectivity index is 1.81. The van der Waals surface area contributed by atoms with Crippen molar-refractivity contribution in [1.29, 1.82) is 0 Å². The molecule has 0 fully saturated rings. The Morgan fingerprint density at radius 2 is 1.92 bits per heavy atom.